The molecule has 0 aromatic heterocycles. The highest BCUT2D eigenvalue weighted by Gasteiger charge is 2.30. The molecule has 1 aromatic carbocycles. The van der Waals surface area contributed by atoms with E-state index in [1.165, 1.54) is 0 Å². The van der Waals surface area contributed by atoms with E-state index in [1.807, 2.05) is 0 Å². The van der Waals surface area contributed by atoms with Gasteiger partial charge in [-0.3, -0.25) is 4.79 Å². The van der Waals surface area contributed by atoms with Crippen molar-refractivity contribution >= 4 is 5.91 Å². The number of hydrogen-bond donors (Lipinski definition) is 0. The number of carbonyl (C=O) groups excluding carboxylic acids is 1. The molecule has 1 atom stereocenters. The molecule has 3 rings (SSSR count). The predicted molar refractivity (Wildman–Crippen MR) is 96.1 cm³/mol. The molecule has 26 heavy (non-hydrogen) atoms. The number of halogens is 2. The largest absolute Gasteiger partial charge is 0.381 e. The maximum Gasteiger partial charge on any atom is 0.257 e. The highest BCUT2D eigenvalue weighted by atomic mass is 19.1. The first kappa shape index (κ1) is 19.2. The van der Waals surface area contributed by atoms with Crippen molar-refractivity contribution in [2.24, 2.45) is 0 Å². The second-order valence-corrected chi connectivity index (χ2v) is 7.36. The molecule has 2 aliphatic rings. The summed E-state index contributed by atoms with van der Waals surface area (Å²) in [4.78, 5) is 17.1. The summed E-state index contributed by atoms with van der Waals surface area (Å²) in [5.41, 5.74) is -0.157. The van der Waals surface area contributed by atoms with Crippen molar-refractivity contribution in [2.75, 3.05) is 33.3 Å². The molecule has 2 heterocycles. The van der Waals surface area contributed by atoms with Gasteiger partial charge in [0.25, 0.3) is 5.91 Å². The Balaban J connectivity index is 1.72. The van der Waals surface area contributed by atoms with Crippen LogP contribution >= 0.6 is 0 Å². The van der Waals surface area contributed by atoms with Gasteiger partial charge < -0.3 is 14.5 Å². The number of benzene rings is 1. The fourth-order valence-corrected chi connectivity index (χ4v) is 4.08. The van der Waals surface area contributed by atoms with Gasteiger partial charge >= 0.3 is 0 Å². The Hall–Kier alpha value is -1.53. The second-order valence-electron chi connectivity index (χ2n) is 7.36. The van der Waals surface area contributed by atoms with Crippen LogP contribution < -0.4 is 0 Å². The molecule has 4 nitrogen and oxygen atoms in total. The molecule has 0 saturated carbocycles. The minimum absolute atomic E-state index is 0.0479. The topological polar surface area (TPSA) is 32.8 Å². The molecule has 0 radical (unpaired) electrons. The van der Waals surface area contributed by atoms with Crippen LogP contribution in [0.1, 0.15) is 48.9 Å². The number of hydrogen-bond acceptors (Lipinski definition) is 3. The summed E-state index contributed by atoms with van der Waals surface area (Å²) in [6.07, 6.45) is 6.26. The average Bonchev–Trinajstić information content (AvgIpc) is 2.89. The summed E-state index contributed by atoms with van der Waals surface area (Å²) >= 11 is 0. The zero-order valence-electron chi connectivity index (χ0n) is 15.4. The van der Waals surface area contributed by atoms with E-state index in [4.69, 9.17) is 4.74 Å². The standard InChI is InChI=1S/C20H28F2N2O2/c1-26-17-8-11-23(12-9-17)14-16-5-3-2-4-10-24(16)20(25)18-13-15(21)6-7-19(18)22/h6-7,13,16-17H,2-5,8-12,14H2,1H3. The number of rotatable bonds is 4. The molecule has 0 spiro atoms. The van der Waals surface area contributed by atoms with Crippen LogP contribution in [0.2, 0.25) is 0 Å². The number of carbonyl (C=O) groups is 1. The molecule has 2 fully saturated rings. The van der Waals surface area contributed by atoms with Crippen molar-refractivity contribution in [1.29, 1.82) is 0 Å². The lowest BCUT2D eigenvalue weighted by Crippen LogP contribution is -2.49. The lowest BCUT2D eigenvalue weighted by Gasteiger charge is -2.37. The first-order valence-electron chi connectivity index (χ1n) is 9.59. The molecule has 1 unspecified atom stereocenters. The van der Waals surface area contributed by atoms with Crippen LogP contribution in [0.25, 0.3) is 0 Å². The van der Waals surface area contributed by atoms with Gasteiger partial charge in [0.1, 0.15) is 11.6 Å². The van der Waals surface area contributed by atoms with Crippen LogP contribution in [-0.4, -0.2) is 61.1 Å². The second kappa shape index (κ2) is 8.91. The summed E-state index contributed by atoms with van der Waals surface area (Å²) in [5.74, 6) is -1.62. The van der Waals surface area contributed by atoms with Crippen LogP contribution in [0.4, 0.5) is 8.78 Å². The van der Waals surface area contributed by atoms with Crippen molar-refractivity contribution in [1.82, 2.24) is 9.80 Å². The molecule has 0 bridgehead atoms. The van der Waals surface area contributed by atoms with Crippen LogP contribution in [-0.2, 0) is 4.74 Å². The molecule has 1 aromatic rings. The van der Waals surface area contributed by atoms with Gasteiger partial charge in [0.2, 0.25) is 0 Å². The summed E-state index contributed by atoms with van der Waals surface area (Å²) in [5, 5.41) is 0. The highest BCUT2D eigenvalue weighted by molar-refractivity contribution is 5.94. The quantitative estimate of drug-likeness (QED) is 0.818. The number of methoxy groups -OCH3 is 1. The fraction of sp³-hybridized carbons (Fsp3) is 0.650. The number of nitrogens with zero attached hydrogens (tertiary/aromatic N) is 2. The molecule has 2 aliphatic heterocycles. The van der Waals surface area contributed by atoms with E-state index in [2.05, 4.69) is 4.90 Å². The lowest BCUT2D eigenvalue weighted by molar-refractivity contribution is 0.0290. The molecular weight excluding hydrogens is 338 g/mol. The Bertz CT molecular complexity index is 618. The van der Waals surface area contributed by atoms with Gasteiger partial charge in [0.15, 0.2) is 0 Å². The minimum atomic E-state index is -0.652. The third-order valence-electron chi connectivity index (χ3n) is 5.63. The van der Waals surface area contributed by atoms with Gasteiger partial charge in [-0.1, -0.05) is 12.8 Å². The summed E-state index contributed by atoms with van der Waals surface area (Å²) in [6.45, 7) is 3.30. The fourth-order valence-electron chi connectivity index (χ4n) is 4.08. The van der Waals surface area contributed by atoms with Crippen LogP contribution in [0.3, 0.4) is 0 Å². The average molecular weight is 366 g/mol. The number of amides is 1. The smallest absolute Gasteiger partial charge is 0.257 e. The zero-order valence-corrected chi connectivity index (χ0v) is 15.4. The number of likely N-dealkylation sites (tertiary alicyclic amines) is 2. The van der Waals surface area contributed by atoms with E-state index in [9.17, 15) is 13.6 Å². The Labute approximate surface area is 154 Å². The summed E-state index contributed by atoms with van der Waals surface area (Å²) < 4.78 is 33.1. The molecule has 1 amide bonds. The van der Waals surface area contributed by atoms with Gasteiger partial charge in [-0.15, -0.1) is 0 Å². The molecular formula is C20H28F2N2O2. The van der Waals surface area contributed by atoms with E-state index in [0.717, 1.165) is 76.4 Å². The van der Waals surface area contributed by atoms with Crippen molar-refractivity contribution in [3.63, 3.8) is 0 Å². The molecule has 0 N–H and O–H groups in total. The Morgan fingerprint density at radius 1 is 1.12 bits per heavy atom. The number of ether oxygens (including phenoxy) is 1. The van der Waals surface area contributed by atoms with Gasteiger partial charge in [-0.05, 0) is 43.9 Å². The van der Waals surface area contributed by atoms with Gasteiger partial charge in [0, 0.05) is 39.3 Å². The first-order valence-corrected chi connectivity index (χ1v) is 9.59. The minimum Gasteiger partial charge on any atom is -0.381 e. The van der Waals surface area contributed by atoms with E-state index < -0.39 is 11.6 Å². The van der Waals surface area contributed by atoms with E-state index in [1.54, 1.807) is 12.0 Å². The third kappa shape index (κ3) is 4.60. The summed E-state index contributed by atoms with van der Waals surface area (Å²) in [7, 11) is 1.75. The molecule has 2 saturated heterocycles. The van der Waals surface area contributed by atoms with Crippen molar-refractivity contribution in [3.8, 4) is 0 Å². The van der Waals surface area contributed by atoms with Crippen LogP contribution in [0.5, 0.6) is 0 Å². The maximum absolute atomic E-state index is 14.1. The molecule has 144 valence electrons. The van der Waals surface area contributed by atoms with E-state index in [0.29, 0.717) is 12.6 Å². The first-order chi connectivity index (χ1) is 12.6. The lowest BCUT2D eigenvalue weighted by atomic mass is 10.0. The molecule has 0 aliphatic carbocycles. The zero-order chi connectivity index (χ0) is 18.5. The summed E-state index contributed by atoms with van der Waals surface area (Å²) in [6, 6.07) is 3.15. The van der Waals surface area contributed by atoms with E-state index >= 15 is 0 Å². The van der Waals surface area contributed by atoms with Gasteiger partial charge in [0.05, 0.1) is 11.7 Å². The van der Waals surface area contributed by atoms with Crippen molar-refractivity contribution in [3.05, 3.63) is 35.4 Å². The van der Waals surface area contributed by atoms with E-state index in [-0.39, 0.29) is 17.5 Å². The molecule has 6 heteroatoms. The predicted octanol–water partition coefficient (Wildman–Crippen LogP) is 3.46. The van der Waals surface area contributed by atoms with Crippen LogP contribution in [0.15, 0.2) is 18.2 Å². The van der Waals surface area contributed by atoms with Crippen LogP contribution in [0, 0.1) is 11.6 Å². The van der Waals surface area contributed by atoms with Gasteiger partial charge in [-0.2, -0.15) is 0 Å². The SMILES string of the molecule is COC1CCN(CC2CCCCCN2C(=O)c2cc(F)ccc2F)CC1. The van der Waals surface area contributed by atoms with Crippen molar-refractivity contribution < 1.29 is 18.3 Å². The Kier molecular flexibility index (Phi) is 6.59. The highest BCUT2D eigenvalue weighted by Crippen LogP contribution is 2.23. The van der Waals surface area contributed by atoms with Gasteiger partial charge in [-0.25, -0.2) is 8.78 Å². The Morgan fingerprint density at radius 3 is 2.62 bits per heavy atom. The third-order valence-corrected chi connectivity index (χ3v) is 5.63. The van der Waals surface area contributed by atoms with Crippen molar-refractivity contribution in [2.45, 2.75) is 50.7 Å². The normalized spacial score (nSPS) is 23.0. The number of piperidine rings is 1. The Morgan fingerprint density at radius 2 is 1.88 bits per heavy atom. The monoisotopic (exact) mass is 366 g/mol. The maximum atomic E-state index is 14.1.